The molecule has 6 heteroatoms. The van der Waals surface area contributed by atoms with Gasteiger partial charge in [-0.3, -0.25) is 4.79 Å². The van der Waals surface area contributed by atoms with E-state index in [9.17, 15) is 4.79 Å². The highest BCUT2D eigenvalue weighted by Gasteiger charge is 2.18. The van der Waals surface area contributed by atoms with Gasteiger partial charge in [0.2, 0.25) is 0 Å². The minimum absolute atomic E-state index is 0.000542. The Hall–Kier alpha value is -0.970. The summed E-state index contributed by atoms with van der Waals surface area (Å²) < 4.78 is 5.65. The van der Waals surface area contributed by atoms with Crippen molar-refractivity contribution in [3.63, 3.8) is 0 Å². The molecule has 1 fully saturated rings. The summed E-state index contributed by atoms with van der Waals surface area (Å²) in [5.41, 5.74) is 6.42. The monoisotopic (exact) mass is 330 g/mol. The molecule has 2 N–H and O–H groups in total. The Labute approximate surface area is 135 Å². The van der Waals surface area contributed by atoms with Gasteiger partial charge in [0.05, 0.1) is 5.02 Å². The quantitative estimate of drug-likeness (QED) is 0.903. The summed E-state index contributed by atoms with van der Waals surface area (Å²) in [6.07, 6.45) is 3.92. The van der Waals surface area contributed by atoms with Crippen molar-refractivity contribution in [1.29, 1.82) is 0 Å². The second kappa shape index (κ2) is 7.87. The van der Waals surface area contributed by atoms with Gasteiger partial charge in [0.25, 0.3) is 5.91 Å². The highest BCUT2D eigenvalue weighted by Crippen LogP contribution is 2.32. The third kappa shape index (κ3) is 4.50. The Morgan fingerprint density at radius 2 is 1.95 bits per heavy atom. The van der Waals surface area contributed by atoms with E-state index in [0.717, 1.165) is 31.5 Å². The molecule has 0 aromatic heterocycles. The van der Waals surface area contributed by atoms with Gasteiger partial charge in [-0.15, -0.1) is 0 Å². The van der Waals surface area contributed by atoms with Gasteiger partial charge in [-0.25, -0.2) is 0 Å². The zero-order chi connectivity index (χ0) is 15.2. The van der Waals surface area contributed by atoms with Crippen molar-refractivity contribution in [2.45, 2.75) is 25.7 Å². The predicted octanol–water partition coefficient (Wildman–Crippen LogP) is 2.89. The van der Waals surface area contributed by atoms with Crippen LogP contribution >= 0.6 is 23.2 Å². The molecule has 1 aliphatic heterocycles. The minimum atomic E-state index is -0.00107. The number of halogens is 2. The van der Waals surface area contributed by atoms with Gasteiger partial charge < -0.3 is 15.4 Å². The van der Waals surface area contributed by atoms with Crippen LogP contribution in [0.1, 0.15) is 24.8 Å². The fourth-order valence-electron chi connectivity index (χ4n) is 2.48. The average Bonchev–Trinajstić information content (AvgIpc) is 2.47. The summed E-state index contributed by atoms with van der Waals surface area (Å²) in [6.45, 7) is 2.09. The Morgan fingerprint density at radius 1 is 1.24 bits per heavy atom. The molecule has 1 heterocycles. The van der Waals surface area contributed by atoms with Crippen molar-refractivity contribution < 1.29 is 9.53 Å². The number of hydrogen-bond acceptors (Lipinski definition) is 3. The van der Waals surface area contributed by atoms with E-state index in [1.807, 2.05) is 4.90 Å². The molecule has 1 saturated heterocycles. The summed E-state index contributed by atoms with van der Waals surface area (Å²) in [4.78, 5) is 14.0. The maximum atomic E-state index is 12.1. The van der Waals surface area contributed by atoms with Crippen molar-refractivity contribution in [1.82, 2.24) is 4.90 Å². The fraction of sp³-hybridized carbons (Fsp3) is 0.533. The number of nitrogens with two attached hydrogens (primary N) is 1. The third-order valence-corrected chi connectivity index (χ3v) is 4.05. The molecule has 0 unspecified atom stereocenters. The van der Waals surface area contributed by atoms with Gasteiger partial charge in [0.1, 0.15) is 5.75 Å². The van der Waals surface area contributed by atoms with Gasteiger partial charge in [-0.1, -0.05) is 23.2 Å². The lowest BCUT2D eigenvalue weighted by molar-refractivity contribution is -0.134. The standard InChI is InChI=1S/C15H20Cl2N2O2/c16-12-8-11(4-5-18)15(13(17)9-12)21-10-14(20)19-6-2-1-3-7-19/h8-9H,1-7,10,18H2. The fourth-order valence-corrected chi connectivity index (χ4v) is 3.08. The second-order valence-corrected chi connectivity index (χ2v) is 5.99. The number of carbonyl (C=O) groups is 1. The molecular formula is C15H20Cl2N2O2. The number of piperidine rings is 1. The number of benzene rings is 1. The molecule has 0 bridgehead atoms. The predicted molar refractivity (Wildman–Crippen MR) is 85.1 cm³/mol. The first-order valence-electron chi connectivity index (χ1n) is 7.20. The maximum Gasteiger partial charge on any atom is 0.260 e. The summed E-state index contributed by atoms with van der Waals surface area (Å²) in [7, 11) is 0. The zero-order valence-corrected chi connectivity index (χ0v) is 13.4. The number of amides is 1. The topological polar surface area (TPSA) is 55.6 Å². The molecule has 116 valence electrons. The van der Waals surface area contributed by atoms with Gasteiger partial charge in [0, 0.05) is 18.1 Å². The first kappa shape index (κ1) is 16.4. The Balaban J connectivity index is 2.03. The van der Waals surface area contributed by atoms with Crippen LogP contribution in [0.2, 0.25) is 10.0 Å². The van der Waals surface area contributed by atoms with Crippen molar-refractivity contribution in [3.05, 3.63) is 27.7 Å². The van der Waals surface area contributed by atoms with Gasteiger partial charge in [0.15, 0.2) is 6.61 Å². The molecule has 0 spiro atoms. The van der Waals surface area contributed by atoms with Crippen molar-refractivity contribution in [2.24, 2.45) is 5.73 Å². The molecule has 1 amide bonds. The summed E-state index contributed by atoms with van der Waals surface area (Å²) >= 11 is 12.2. The smallest absolute Gasteiger partial charge is 0.260 e. The highest BCUT2D eigenvalue weighted by atomic mass is 35.5. The molecule has 0 saturated carbocycles. The van der Waals surface area contributed by atoms with Crippen molar-refractivity contribution in [2.75, 3.05) is 26.2 Å². The lowest BCUT2D eigenvalue weighted by Crippen LogP contribution is -2.38. The van der Waals surface area contributed by atoms with E-state index in [2.05, 4.69) is 0 Å². The average molecular weight is 331 g/mol. The van der Waals surface area contributed by atoms with E-state index in [-0.39, 0.29) is 12.5 Å². The number of ether oxygens (including phenoxy) is 1. The minimum Gasteiger partial charge on any atom is -0.482 e. The summed E-state index contributed by atoms with van der Waals surface area (Å²) in [5.74, 6) is 0.510. The molecule has 0 atom stereocenters. The van der Waals surface area contributed by atoms with Gasteiger partial charge in [-0.05, 0) is 49.9 Å². The van der Waals surface area contributed by atoms with Crippen LogP contribution in [0.3, 0.4) is 0 Å². The van der Waals surface area contributed by atoms with E-state index in [1.54, 1.807) is 12.1 Å². The van der Waals surface area contributed by atoms with Crippen LogP contribution < -0.4 is 10.5 Å². The van der Waals surface area contributed by atoms with Crippen LogP contribution in [0.4, 0.5) is 0 Å². The van der Waals surface area contributed by atoms with E-state index < -0.39 is 0 Å². The van der Waals surface area contributed by atoms with E-state index in [0.29, 0.717) is 28.8 Å². The number of likely N-dealkylation sites (tertiary alicyclic amines) is 1. The summed E-state index contributed by atoms with van der Waals surface area (Å²) in [6, 6.07) is 3.39. The third-order valence-electron chi connectivity index (χ3n) is 3.55. The molecule has 1 aromatic carbocycles. The molecule has 1 aromatic rings. The second-order valence-electron chi connectivity index (χ2n) is 5.14. The van der Waals surface area contributed by atoms with Crippen LogP contribution in [0, 0.1) is 0 Å². The lowest BCUT2D eigenvalue weighted by Gasteiger charge is -2.26. The highest BCUT2D eigenvalue weighted by molar-refractivity contribution is 6.35. The molecule has 21 heavy (non-hydrogen) atoms. The normalized spacial score (nSPS) is 15.1. The molecule has 0 radical (unpaired) electrons. The van der Waals surface area contributed by atoms with E-state index in [4.69, 9.17) is 33.7 Å². The molecule has 4 nitrogen and oxygen atoms in total. The number of rotatable bonds is 5. The van der Waals surface area contributed by atoms with Gasteiger partial charge in [-0.2, -0.15) is 0 Å². The largest absolute Gasteiger partial charge is 0.482 e. The lowest BCUT2D eigenvalue weighted by atomic mass is 10.1. The van der Waals surface area contributed by atoms with Crippen LogP contribution in [-0.2, 0) is 11.2 Å². The van der Waals surface area contributed by atoms with Crippen molar-refractivity contribution >= 4 is 29.1 Å². The Kier molecular flexibility index (Phi) is 6.15. The van der Waals surface area contributed by atoms with Crippen LogP contribution in [-0.4, -0.2) is 37.0 Å². The Morgan fingerprint density at radius 3 is 2.62 bits per heavy atom. The molecule has 0 aliphatic carbocycles. The molecular weight excluding hydrogens is 311 g/mol. The number of nitrogens with zero attached hydrogens (tertiary/aromatic N) is 1. The first-order valence-corrected chi connectivity index (χ1v) is 7.96. The van der Waals surface area contributed by atoms with Crippen LogP contribution in [0.25, 0.3) is 0 Å². The number of hydrogen-bond donors (Lipinski definition) is 1. The van der Waals surface area contributed by atoms with Crippen LogP contribution in [0.5, 0.6) is 5.75 Å². The van der Waals surface area contributed by atoms with E-state index >= 15 is 0 Å². The van der Waals surface area contributed by atoms with Crippen molar-refractivity contribution in [3.8, 4) is 5.75 Å². The Bertz CT molecular complexity index is 503. The van der Waals surface area contributed by atoms with Crippen LogP contribution in [0.15, 0.2) is 12.1 Å². The molecule has 2 rings (SSSR count). The zero-order valence-electron chi connectivity index (χ0n) is 11.9. The number of carbonyl (C=O) groups excluding carboxylic acids is 1. The van der Waals surface area contributed by atoms with E-state index in [1.165, 1.54) is 6.42 Å². The SMILES string of the molecule is NCCc1cc(Cl)cc(Cl)c1OCC(=O)N1CCCCC1. The first-order chi connectivity index (χ1) is 10.1. The van der Waals surface area contributed by atoms with Gasteiger partial charge >= 0.3 is 0 Å². The molecule has 1 aliphatic rings. The maximum absolute atomic E-state index is 12.1. The summed E-state index contributed by atoms with van der Waals surface area (Å²) in [5, 5.41) is 0.954.